The Morgan fingerprint density at radius 1 is 1.41 bits per heavy atom. The number of carbonyl (C=O) groups excluding carboxylic acids is 1. The van der Waals surface area contributed by atoms with Crippen LogP contribution in [-0.2, 0) is 20.4 Å². The van der Waals surface area contributed by atoms with E-state index in [1.807, 2.05) is 0 Å². The SMILES string of the molecule is CC(CC(=O)O)S(=O)CC(=O)NC1CCCC1. The summed E-state index contributed by atoms with van der Waals surface area (Å²) in [6.45, 7) is 1.59. The predicted molar refractivity (Wildman–Crippen MR) is 65.1 cm³/mol. The highest BCUT2D eigenvalue weighted by Crippen LogP contribution is 2.17. The lowest BCUT2D eigenvalue weighted by atomic mass is 10.2. The molecule has 0 bridgehead atoms. The van der Waals surface area contributed by atoms with Crippen LogP contribution in [0.15, 0.2) is 0 Å². The van der Waals surface area contributed by atoms with Gasteiger partial charge < -0.3 is 10.4 Å². The van der Waals surface area contributed by atoms with Crippen LogP contribution in [0.1, 0.15) is 39.0 Å². The van der Waals surface area contributed by atoms with Crippen LogP contribution >= 0.6 is 0 Å². The van der Waals surface area contributed by atoms with Gasteiger partial charge in [-0.3, -0.25) is 13.8 Å². The molecule has 1 rings (SSSR count). The van der Waals surface area contributed by atoms with E-state index in [1.54, 1.807) is 6.92 Å². The quantitative estimate of drug-likeness (QED) is 0.735. The third kappa shape index (κ3) is 5.30. The van der Waals surface area contributed by atoms with E-state index in [9.17, 15) is 13.8 Å². The Bertz CT molecular complexity index is 313. The van der Waals surface area contributed by atoms with Crippen LogP contribution in [0.2, 0.25) is 0 Å². The van der Waals surface area contributed by atoms with Crippen molar-refractivity contribution >= 4 is 22.7 Å². The molecule has 0 heterocycles. The molecular formula is C11H19NO4S. The average Bonchev–Trinajstić information content (AvgIpc) is 2.68. The van der Waals surface area contributed by atoms with Crippen LogP contribution in [0, 0.1) is 0 Å². The fourth-order valence-corrected chi connectivity index (χ4v) is 2.90. The van der Waals surface area contributed by atoms with Gasteiger partial charge in [0.1, 0.15) is 5.75 Å². The Hall–Kier alpha value is -0.910. The van der Waals surface area contributed by atoms with Gasteiger partial charge in [0.05, 0.1) is 6.42 Å². The molecule has 0 aromatic heterocycles. The summed E-state index contributed by atoms with van der Waals surface area (Å²) >= 11 is 0. The highest BCUT2D eigenvalue weighted by molar-refractivity contribution is 7.86. The van der Waals surface area contributed by atoms with Gasteiger partial charge >= 0.3 is 5.97 Å². The van der Waals surface area contributed by atoms with Crippen molar-refractivity contribution < 1.29 is 18.9 Å². The van der Waals surface area contributed by atoms with Gasteiger partial charge in [0, 0.05) is 22.1 Å². The zero-order valence-electron chi connectivity index (χ0n) is 9.98. The van der Waals surface area contributed by atoms with Gasteiger partial charge in [0.15, 0.2) is 0 Å². The summed E-state index contributed by atoms with van der Waals surface area (Å²) in [6, 6.07) is 0.217. The number of amides is 1. The number of carbonyl (C=O) groups is 2. The summed E-state index contributed by atoms with van der Waals surface area (Å²) < 4.78 is 11.6. The van der Waals surface area contributed by atoms with Crippen molar-refractivity contribution in [3.63, 3.8) is 0 Å². The molecule has 0 radical (unpaired) electrons. The van der Waals surface area contributed by atoms with Crippen molar-refractivity contribution in [2.24, 2.45) is 0 Å². The first-order chi connectivity index (χ1) is 7.99. The van der Waals surface area contributed by atoms with E-state index >= 15 is 0 Å². The van der Waals surface area contributed by atoms with Gasteiger partial charge in [-0.05, 0) is 12.8 Å². The van der Waals surface area contributed by atoms with Crippen molar-refractivity contribution in [2.75, 3.05) is 5.75 Å². The second-order valence-corrected chi connectivity index (χ2v) is 6.34. The number of carboxylic acid groups (broad SMARTS) is 1. The Morgan fingerprint density at radius 2 is 2.00 bits per heavy atom. The minimum atomic E-state index is -1.41. The van der Waals surface area contributed by atoms with E-state index in [1.165, 1.54) is 0 Å². The van der Waals surface area contributed by atoms with Gasteiger partial charge in [-0.15, -0.1) is 0 Å². The maximum absolute atomic E-state index is 11.6. The number of nitrogens with one attached hydrogen (secondary N) is 1. The van der Waals surface area contributed by atoms with Crippen molar-refractivity contribution in [2.45, 2.75) is 50.3 Å². The zero-order valence-corrected chi connectivity index (χ0v) is 10.8. The van der Waals surface area contributed by atoms with Crippen LogP contribution in [0.3, 0.4) is 0 Å². The molecule has 0 aromatic rings. The fourth-order valence-electron chi connectivity index (χ4n) is 1.95. The zero-order chi connectivity index (χ0) is 12.8. The molecular weight excluding hydrogens is 242 g/mol. The molecule has 98 valence electrons. The van der Waals surface area contributed by atoms with E-state index in [2.05, 4.69) is 5.32 Å². The lowest BCUT2D eigenvalue weighted by Gasteiger charge is -2.13. The van der Waals surface area contributed by atoms with Crippen molar-refractivity contribution in [1.29, 1.82) is 0 Å². The highest BCUT2D eigenvalue weighted by Gasteiger charge is 2.21. The summed E-state index contributed by atoms with van der Waals surface area (Å²) in [6.07, 6.45) is 4.07. The molecule has 0 aromatic carbocycles. The lowest BCUT2D eigenvalue weighted by Crippen LogP contribution is -2.37. The van der Waals surface area contributed by atoms with Crippen LogP contribution in [-0.4, -0.2) is 38.2 Å². The first kappa shape index (κ1) is 14.2. The molecule has 2 atom stereocenters. The monoisotopic (exact) mass is 261 g/mol. The van der Waals surface area contributed by atoms with Crippen LogP contribution in [0.5, 0.6) is 0 Å². The smallest absolute Gasteiger partial charge is 0.304 e. The molecule has 2 unspecified atom stereocenters. The Kier molecular flexibility index (Phi) is 5.61. The molecule has 1 aliphatic rings. The minimum absolute atomic E-state index is 0.0923. The maximum Gasteiger partial charge on any atom is 0.304 e. The number of carboxylic acids is 1. The Morgan fingerprint density at radius 3 is 2.53 bits per heavy atom. The van der Waals surface area contributed by atoms with Crippen LogP contribution < -0.4 is 5.32 Å². The molecule has 2 N–H and O–H groups in total. The van der Waals surface area contributed by atoms with Gasteiger partial charge in [0.25, 0.3) is 0 Å². The summed E-state index contributed by atoms with van der Waals surface area (Å²) in [7, 11) is -1.41. The largest absolute Gasteiger partial charge is 0.481 e. The van der Waals surface area contributed by atoms with Gasteiger partial charge in [-0.1, -0.05) is 19.8 Å². The Labute approximate surface area is 103 Å². The van der Waals surface area contributed by atoms with Crippen molar-refractivity contribution in [3.05, 3.63) is 0 Å². The molecule has 1 fully saturated rings. The number of hydrogen-bond donors (Lipinski definition) is 2. The van der Waals surface area contributed by atoms with E-state index in [0.29, 0.717) is 0 Å². The Balaban J connectivity index is 2.29. The average molecular weight is 261 g/mol. The molecule has 6 heteroatoms. The fraction of sp³-hybridized carbons (Fsp3) is 0.818. The van der Waals surface area contributed by atoms with Gasteiger partial charge in [0.2, 0.25) is 5.91 Å². The summed E-state index contributed by atoms with van der Waals surface area (Å²) in [5, 5.41) is 10.9. The normalized spacial score (nSPS) is 19.8. The number of aliphatic carboxylic acids is 1. The van der Waals surface area contributed by atoms with Crippen molar-refractivity contribution in [3.8, 4) is 0 Å². The summed E-state index contributed by atoms with van der Waals surface area (Å²) in [4.78, 5) is 22.0. The first-order valence-electron chi connectivity index (χ1n) is 5.87. The van der Waals surface area contributed by atoms with Gasteiger partial charge in [-0.2, -0.15) is 0 Å². The standard InChI is InChI=1S/C11H19NO4S/c1-8(6-11(14)15)17(16)7-10(13)12-9-4-2-3-5-9/h8-9H,2-7H2,1H3,(H,12,13)(H,14,15). The topological polar surface area (TPSA) is 83.5 Å². The van der Waals surface area contributed by atoms with E-state index in [-0.39, 0.29) is 24.1 Å². The molecule has 1 saturated carbocycles. The minimum Gasteiger partial charge on any atom is -0.481 e. The van der Waals surface area contributed by atoms with Crippen LogP contribution in [0.25, 0.3) is 0 Å². The molecule has 0 spiro atoms. The third-order valence-corrected chi connectivity index (χ3v) is 4.52. The highest BCUT2D eigenvalue weighted by atomic mass is 32.2. The molecule has 1 aliphatic carbocycles. The number of rotatable bonds is 6. The second-order valence-electron chi connectivity index (χ2n) is 4.48. The molecule has 0 aliphatic heterocycles. The van der Waals surface area contributed by atoms with Gasteiger partial charge in [-0.25, -0.2) is 0 Å². The van der Waals surface area contributed by atoms with E-state index in [4.69, 9.17) is 5.11 Å². The molecule has 17 heavy (non-hydrogen) atoms. The lowest BCUT2D eigenvalue weighted by molar-refractivity contribution is -0.137. The molecule has 0 saturated heterocycles. The second kappa shape index (κ2) is 6.74. The first-order valence-corrected chi connectivity index (χ1v) is 7.25. The predicted octanol–water partition coefficient (Wildman–Crippen LogP) is 0.657. The maximum atomic E-state index is 11.6. The summed E-state index contributed by atoms with van der Waals surface area (Å²) in [5.41, 5.74) is 0. The third-order valence-electron chi connectivity index (χ3n) is 2.90. The summed E-state index contributed by atoms with van der Waals surface area (Å²) in [5.74, 6) is -1.31. The number of hydrogen-bond acceptors (Lipinski definition) is 3. The van der Waals surface area contributed by atoms with E-state index < -0.39 is 22.0 Å². The molecule has 5 nitrogen and oxygen atoms in total. The van der Waals surface area contributed by atoms with E-state index in [0.717, 1.165) is 25.7 Å². The van der Waals surface area contributed by atoms with Crippen molar-refractivity contribution in [1.82, 2.24) is 5.32 Å². The molecule has 1 amide bonds. The van der Waals surface area contributed by atoms with Crippen LogP contribution in [0.4, 0.5) is 0 Å².